The maximum Gasteiger partial charge on any atom is 0.267 e. The number of hydrogen-bond donors (Lipinski definition) is 1. The van der Waals surface area contributed by atoms with Gasteiger partial charge < -0.3 is 10.1 Å². The summed E-state index contributed by atoms with van der Waals surface area (Å²) in [5, 5.41) is 8.04. The van der Waals surface area contributed by atoms with Gasteiger partial charge in [0.1, 0.15) is 5.71 Å². The topological polar surface area (TPSA) is 71.0 Å². The zero-order valence-electron chi connectivity index (χ0n) is 12.9. The molecule has 0 aromatic carbocycles. The van der Waals surface area contributed by atoms with Gasteiger partial charge in [0, 0.05) is 26.4 Å². The number of ether oxygens (including phenoxy) is 1. The molecule has 0 saturated heterocycles. The van der Waals surface area contributed by atoms with E-state index in [1.807, 2.05) is 0 Å². The second-order valence-electron chi connectivity index (χ2n) is 5.89. The van der Waals surface area contributed by atoms with Crippen LogP contribution < -0.4 is 5.32 Å². The summed E-state index contributed by atoms with van der Waals surface area (Å²) in [5.41, 5.74) is 0.420. The molecule has 0 unspecified atom stereocenters. The summed E-state index contributed by atoms with van der Waals surface area (Å²) in [7, 11) is 1.57. The van der Waals surface area contributed by atoms with Gasteiger partial charge in [-0.3, -0.25) is 9.59 Å². The molecule has 2 aliphatic rings. The fourth-order valence-electron chi connectivity index (χ4n) is 2.84. The van der Waals surface area contributed by atoms with E-state index in [1.54, 1.807) is 7.05 Å². The zero-order chi connectivity index (χ0) is 15.2. The van der Waals surface area contributed by atoms with Crippen LogP contribution in [-0.2, 0) is 14.3 Å². The molecule has 2 amide bonds. The molecule has 2 rings (SSSR count). The quantitative estimate of drug-likeness (QED) is 0.777. The van der Waals surface area contributed by atoms with Gasteiger partial charge >= 0.3 is 0 Å². The Bertz CT molecular complexity index is 422. The van der Waals surface area contributed by atoms with E-state index in [4.69, 9.17) is 4.74 Å². The monoisotopic (exact) mass is 295 g/mol. The van der Waals surface area contributed by atoms with Crippen LogP contribution in [0.15, 0.2) is 5.10 Å². The van der Waals surface area contributed by atoms with Crippen LogP contribution in [0.1, 0.15) is 45.4 Å². The van der Waals surface area contributed by atoms with Crippen LogP contribution >= 0.6 is 0 Å². The number of hydrogen-bond acceptors (Lipinski definition) is 4. The van der Waals surface area contributed by atoms with Gasteiger partial charge in [-0.15, -0.1) is 0 Å². The predicted molar refractivity (Wildman–Crippen MR) is 79.8 cm³/mol. The molecule has 1 N–H and O–H groups in total. The van der Waals surface area contributed by atoms with Gasteiger partial charge in [-0.2, -0.15) is 5.10 Å². The van der Waals surface area contributed by atoms with Crippen molar-refractivity contribution < 1.29 is 14.3 Å². The Kier molecular flexibility index (Phi) is 5.73. The molecule has 6 heteroatoms. The van der Waals surface area contributed by atoms with Crippen molar-refractivity contribution in [3.63, 3.8) is 0 Å². The summed E-state index contributed by atoms with van der Waals surface area (Å²) in [6, 6.07) is 0. The Labute approximate surface area is 125 Å². The van der Waals surface area contributed by atoms with E-state index in [9.17, 15) is 9.59 Å². The second kappa shape index (κ2) is 7.54. The van der Waals surface area contributed by atoms with Crippen LogP contribution in [-0.4, -0.2) is 48.8 Å². The number of amides is 2. The van der Waals surface area contributed by atoms with Gasteiger partial charge in [0.05, 0.1) is 12.7 Å². The van der Waals surface area contributed by atoms with Crippen molar-refractivity contribution >= 4 is 17.5 Å². The third-order valence-corrected chi connectivity index (χ3v) is 4.22. The standard InChI is InChI=1S/C15H25N3O3/c1-11-5-3-4-6-13(11)21-10-9-16-15(20)12-7-8-14(19)18(2)17-12/h11,13H,3-10H2,1-2H3,(H,16,20)/t11-,13-/m1/s1. The fourth-order valence-corrected chi connectivity index (χ4v) is 2.84. The number of nitrogens with zero attached hydrogens (tertiary/aromatic N) is 2. The fraction of sp³-hybridized carbons (Fsp3) is 0.800. The lowest BCUT2D eigenvalue weighted by atomic mass is 9.88. The van der Waals surface area contributed by atoms with Crippen LogP contribution in [0, 0.1) is 5.92 Å². The Morgan fingerprint density at radius 3 is 2.86 bits per heavy atom. The molecule has 1 heterocycles. The van der Waals surface area contributed by atoms with E-state index < -0.39 is 0 Å². The molecule has 6 nitrogen and oxygen atoms in total. The van der Waals surface area contributed by atoms with Crippen LogP contribution in [0.2, 0.25) is 0 Å². The lowest BCUT2D eigenvalue weighted by Crippen LogP contribution is -2.39. The van der Waals surface area contributed by atoms with E-state index in [0.717, 1.165) is 6.42 Å². The molecule has 0 aromatic heterocycles. The number of carbonyl (C=O) groups excluding carboxylic acids is 2. The Hall–Kier alpha value is -1.43. The summed E-state index contributed by atoms with van der Waals surface area (Å²) in [4.78, 5) is 23.2. The molecule has 0 radical (unpaired) electrons. The van der Waals surface area contributed by atoms with Crippen LogP contribution in [0.3, 0.4) is 0 Å². The molecule has 1 fully saturated rings. The molecule has 118 valence electrons. The first kappa shape index (κ1) is 15.9. The van der Waals surface area contributed by atoms with Crippen LogP contribution in [0.25, 0.3) is 0 Å². The molecular weight excluding hydrogens is 270 g/mol. The molecule has 1 saturated carbocycles. The van der Waals surface area contributed by atoms with Crippen molar-refractivity contribution in [3.05, 3.63) is 0 Å². The minimum absolute atomic E-state index is 0.0545. The van der Waals surface area contributed by atoms with Crippen molar-refractivity contribution in [1.82, 2.24) is 10.3 Å². The zero-order valence-corrected chi connectivity index (χ0v) is 12.9. The minimum Gasteiger partial charge on any atom is -0.376 e. The molecule has 2 atom stereocenters. The smallest absolute Gasteiger partial charge is 0.267 e. The lowest BCUT2D eigenvalue weighted by molar-refractivity contribution is -0.130. The average Bonchev–Trinajstić information content (AvgIpc) is 2.48. The Morgan fingerprint density at radius 1 is 1.38 bits per heavy atom. The SMILES string of the molecule is C[C@@H]1CCCC[C@H]1OCCNC(=O)C1=NN(C)C(=O)CC1. The Morgan fingerprint density at radius 2 is 2.14 bits per heavy atom. The summed E-state index contributed by atoms with van der Waals surface area (Å²) in [6.45, 7) is 3.24. The van der Waals surface area contributed by atoms with Gasteiger partial charge in [-0.25, -0.2) is 5.01 Å². The lowest BCUT2D eigenvalue weighted by Gasteiger charge is -2.28. The summed E-state index contributed by atoms with van der Waals surface area (Å²) in [6.07, 6.45) is 5.96. The van der Waals surface area contributed by atoms with Crippen molar-refractivity contribution in [2.45, 2.75) is 51.6 Å². The van der Waals surface area contributed by atoms with Crippen molar-refractivity contribution in [3.8, 4) is 0 Å². The molecule has 1 aliphatic carbocycles. The van der Waals surface area contributed by atoms with Gasteiger partial charge in [-0.1, -0.05) is 19.8 Å². The first-order chi connectivity index (χ1) is 10.1. The van der Waals surface area contributed by atoms with Gasteiger partial charge in [0.15, 0.2) is 0 Å². The van der Waals surface area contributed by atoms with Crippen molar-refractivity contribution in [2.75, 3.05) is 20.2 Å². The van der Waals surface area contributed by atoms with Crippen LogP contribution in [0.5, 0.6) is 0 Å². The molecule has 21 heavy (non-hydrogen) atoms. The molecular formula is C15H25N3O3. The maximum atomic E-state index is 11.9. The van der Waals surface area contributed by atoms with Crippen molar-refractivity contribution in [1.29, 1.82) is 0 Å². The van der Waals surface area contributed by atoms with Crippen LogP contribution in [0.4, 0.5) is 0 Å². The maximum absolute atomic E-state index is 11.9. The molecule has 1 aliphatic heterocycles. The predicted octanol–water partition coefficient (Wildman–Crippen LogP) is 1.31. The highest BCUT2D eigenvalue weighted by molar-refractivity contribution is 6.39. The highest BCUT2D eigenvalue weighted by atomic mass is 16.5. The number of hydrazone groups is 1. The summed E-state index contributed by atoms with van der Waals surface area (Å²) < 4.78 is 5.85. The highest BCUT2D eigenvalue weighted by Crippen LogP contribution is 2.25. The second-order valence-corrected chi connectivity index (χ2v) is 5.89. The first-order valence-electron chi connectivity index (χ1n) is 7.81. The summed E-state index contributed by atoms with van der Waals surface area (Å²) >= 11 is 0. The van der Waals surface area contributed by atoms with E-state index in [-0.39, 0.29) is 11.8 Å². The number of nitrogens with one attached hydrogen (secondary N) is 1. The minimum atomic E-state index is -0.199. The van der Waals surface area contributed by atoms with Gasteiger partial charge in [0.2, 0.25) is 5.91 Å². The van der Waals surface area contributed by atoms with E-state index in [2.05, 4.69) is 17.3 Å². The van der Waals surface area contributed by atoms with Gasteiger partial charge in [-0.05, 0) is 18.8 Å². The molecule has 0 spiro atoms. The number of rotatable bonds is 5. The Balaban J connectivity index is 1.67. The van der Waals surface area contributed by atoms with E-state index >= 15 is 0 Å². The first-order valence-corrected chi connectivity index (χ1v) is 7.81. The van der Waals surface area contributed by atoms with E-state index in [1.165, 1.54) is 24.3 Å². The molecule has 0 bridgehead atoms. The molecule has 0 aromatic rings. The van der Waals surface area contributed by atoms with Gasteiger partial charge in [0.25, 0.3) is 5.91 Å². The third kappa shape index (κ3) is 4.52. The van der Waals surface area contributed by atoms with Crippen molar-refractivity contribution in [2.24, 2.45) is 11.0 Å². The normalized spacial score (nSPS) is 26.5. The summed E-state index contributed by atoms with van der Waals surface area (Å²) in [5.74, 6) is 0.354. The third-order valence-electron chi connectivity index (χ3n) is 4.22. The number of carbonyl (C=O) groups is 2. The highest BCUT2D eigenvalue weighted by Gasteiger charge is 2.23. The van der Waals surface area contributed by atoms with E-state index in [0.29, 0.717) is 43.7 Å². The largest absolute Gasteiger partial charge is 0.376 e. The average molecular weight is 295 g/mol.